The van der Waals surface area contributed by atoms with Crippen LogP contribution in [0.25, 0.3) is 0 Å². The third-order valence-corrected chi connectivity index (χ3v) is 5.51. The Kier molecular flexibility index (Phi) is 3.89. The predicted octanol–water partition coefficient (Wildman–Crippen LogP) is 3.78. The van der Waals surface area contributed by atoms with Gasteiger partial charge in [-0.05, 0) is 49.9 Å². The van der Waals surface area contributed by atoms with Crippen LogP contribution >= 0.6 is 0 Å². The van der Waals surface area contributed by atoms with E-state index in [-0.39, 0.29) is 0 Å². The third kappa shape index (κ3) is 2.93. The maximum absolute atomic E-state index is 4.22. The highest BCUT2D eigenvalue weighted by molar-refractivity contribution is 4.95. The molecule has 0 amide bonds. The molecule has 112 valence electrons. The van der Waals surface area contributed by atoms with E-state index in [1.807, 2.05) is 12.5 Å². The number of imidazole rings is 1. The van der Waals surface area contributed by atoms with Crippen LogP contribution < -0.4 is 5.32 Å². The van der Waals surface area contributed by atoms with Gasteiger partial charge in [0, 0.05) is 30.5 Å². The van der Waals surface area contributed by atoms with Gasteiger partial charge in [-0.1, -0.05) is 20.8 Å². The molecule has 2 aliphatic rings. The molecule has 1 N–H and O–H groups in total. The summed E-state index contributed by atoms with van der Waals surface area (Å²) in [6.07, 6.45) is 14.0. The second-order valence-corrected chi connectivity index (χ2v) is 7.77. The molecule has 4 atom stereocenters. The molecule has 3 rings (SSSR count). The molecule has 0 radical (unpaired) electrons. The molecule has 2 saturated carbocycles. The molecule has 3 heteroatoms. The minimum absolute atomic E-state index is 0.539. The average molecular weight is 275 g/mol. The lowest BCUT2D eigenvalue weighted by molar-refractivity contribution is 0.136. The van der Waals surface area contributed by atoms with Gasteiger partial charge >= 0.3 is 0 Å². The number of hydrogen-bond acceptors (Lipinski definition) is 2. The molecule has 0 aliphatic heterocycles. The second kappa shape index (κ2) is 5.51. The average Bonchev–Trinajstić information content (AvgIpc) is 3.02. The molecule has 20 heavy (non-hydrogen) atoms. The van der Waals surface area contributed by atoms with E-state index in [9.17, 15) is 0 Å². The number of aromatic nitrogens is 2. The van der Waals surface area contributed by atoms with Gasteiger partial charge in [-0.15, -0.1) is 0 Å². The lowest BCUT2D eigenvalue weighted by Gasteiger charge is -2.41. The Morgan fingerprint density at radius 3 is 2.75 bits per heavy atom. The molecule has 2 aliphatic carbocycles. The van der Waals surface area contributed by atoms with Gasteiger partial charge in [0.2, 0.25) is 0 Å². The fourth-order valence-corrected chi connectivity index (χ4v) is 4.43. The maximum atomic E-state index is 4.22. The third-order valence-electron chi connectivity index (χ3n) is 5.51. The van der Waals surface area contributed by atoms with E-state index in [1.54, 1.807) is 0 Å². The number of nitrogens with one attached hydrogen (secondary N) is 1. The van der Waals surface area contributed by atoms with Crippen molar-refractivity contribution < 1.29 is 0 Å². The van der Waals surface area contributed by atoms with Crippen LogP contribution in [0.15, 0.2) is 18.7 Å². The van der Waals surface area contributed by atoms with Crippen molar-refractivity contribution in [3.8, 4) is 0 Å². The Morgan fingerprint density at radius 2 is 2.05 bits per heavy atom. The topological polar surface area (TPSA) is 29.9 Å². The van der Waals surface area contributed by atoms with Crippen molar-refractivity contribution in [1.29, 1.82) is 0 Å². The molecule has 3 nitrogen and oxygen atoms in total. The molecule has 0 aromatic carbocycles. The van der Waals surface area contributed by atoms with Crippen LogP contribution in [-0.2, 0) is 0 Å². The highest BCUT2D eigenvalue weighted by Gasteiger charge is 2.36. The van der Waals surface area contributed by atoms with E-state index in [0.29, 0.717) is 23.5 Å². The molecule has 2 fully saturated rings. The largest absolute Gasteiger partial charge is 0.333 e. The van der Waals surface area contributed by atoms with Crippen LogP contribution in [0.3, 0.4) is 0 Å². The summed E-state index contributed by atoms with van der Waals surface area (Å²) in [7, 11) is 0. The van der Waals surface area contributed by atoms with E-state index in [0.717, 1.165) is 5.92 Å². The summed E-state index contributed by atoms with van der Waals surface area (Å²) in [5.74, 6) is 0.794. The second-order valence-electron chi connectivity index (χ2n) is 7.77. The summed E-state index contributed by atoms with van der Waals surface area (Å²) >= 11 is 0. The van der Waals surface area contributed by atoms with Gasteiger partial charge in [0.05, 0.1) is 6.33 Å². The SMILES string of the molecule is CC1CC(C)(C)CCC1NC1CCCC1n1ccnc1. The molecule has 0 bridgehead atoms. The monoisotopic (exact) mass is 275 g/mol. The first kappa shape index (κ1) is 14.1. The summed E-state index contributed by atoms with van der Waals surface area (Å²) < 4.78 is 2.31. The summed E-state index contributed by atoms with van der Waals surface area (Å²) in [5.41, 5.74) is 0.539. The van der Waals surface area contributed by atoms with E-state index in [4.69, 9.17) is 0 Å². The van der Waals surface area contributed by atoms with Crippen LogP contribution in [0.5, 0.6) is 0 Å². The first-order chi connectivity index (χ1) is 9.55. The predicted molar refractivity (Wildman–Crippen MR) is 82.6 cm³/mol. The first-order valence-electron chi connectivity index (χ1n) is 8.29. The van der Waals surface area contributed by atoms with Gasteiger partial charge < -0.3 is 9.88 Å². The molecule has 0 spiro atoms. The number of rotatable bonds is 3. The Bertz CT molecular complexity index is 423. The van der Waals surface area contributed by atoms with Gasteiger partial charge in [-0.25, -0.2) is 4.98 Å². The fourth-order valence-electron chi connectivity index (χ4n) is 4.43. The zero-order chi connectivity index (χ0) is 14.2. The van der Waals surface area contributed by atoms with Gasteiger partial charge in [-0.3, -0.25) is 0 Å². The Morgan fingerprint density at radius 1 is 1.20 bits per heavy atom. The molecular weight excluding hydrogens is 246 g/mol. The van der Waals surface area contributed by atoms with Gasteiger partial charge in [-0.2, -0.15) is 0 Å². The van der Waals surface area contributed by atoms with Crippen molar-refractivity contribution in [3.05, 3.63) is 18.7 Å². The van der Waals surface area contributed by atoms with Crippen molar-refractivity contribution in [2.24, 2.45) is 11.3 Å². The molecule has 1 heterocycles. The van der Waals surface area contributed by atoms with E-state index >= 15 is 0 Å². The van der Waals surface area contributed by atoms with Crippen LogP contribution in [0.4, 0.5) is 0 Å². The Balaban J connectivity index is 1.63. The quantitative estimate of drug-likeness (QED) is 0.909. The zero-order valence-corrected chi connectivity index (χ0v) is 13.2. The number of nitrogens with zero attached hydrogens (tertiary/aromatic N) is 2. The Labute approximate surface area is 123 Å². The van der Waals surface area contributed by atoms with E-state index in [1.165, 1.54) is 38.5 Å². The zero-order valence-electron chi connectivity index (χ0n) is 13.2. The molecular formula is C17H29N3. The summed E-state index contributed by atoms with van der Waals surface area (Å²) in [5, 5.41) is 4.00. The summed E-state index contributed by atoms with van der Waals surface area (Å²) in [6, 6.07) is 1.95. The standard InChI is InChI=1S/C17H29N3/c1-13-11-17(2,3)8-7-14(13)19-15-5-4-6-16(15)20-10-9-18-12-20/h9-10,12-16,19H,4-8,11H2,1-3H3. The minimum atomic E-state index is 0.539. The van der Waals surface area contributed by atoms with Crippen molar-refractivity contribution in [3.63, 3.8) is 0 Å². The lowest BCUT2D eigenvalue weighted by Crippen LogP contribution is -2.47. The Hall–Kier alpha value is -0.830. The molecule has 1 aromatic rings. The van der Waals surface area contributed by atoms with Crippen LogP contribution in [0.1, 0.15) is 65.3 Å². The van der Waals surface area contributed by atoms with Gasteiger partial charge in [0.1, 0.15) is 0 Å². The summed E-state index contributed by atoms with van der Waals surface area (Å²) in [4.78, 5) is 4.22. The molecule has 4 unspecified atom stereocenters. The number of hydrogen-bond donors (Lipinski definition) is 1. The minimum Gasteiger partial charge on any atom is -0.333 e. The van der Waals surface area contributed by atoms with Crippen molar-refractivity contribution >= 4 is 0 Å². The van der Waals surface area contributed by atoms with Gasteiger partial charge in [0.15, 0.2) is 0 Å². The van der Waals surface area contributed by atoms with Crippen LogP contribution in [0, 0.1) is 11.3 Å². The lowest BCUT2D eigenvalue weighted by atomic mass is 9.70. The van der Waals surface area contributed by atoms with Crippen molar-refractivity contribution in [2.75, 3.05) is 0 Å². The van der Waals surface area contributed by atoms with E-state index < -0.39 is 0 Å². The van der Waals surface area contributed by atoms with Crippen LogP contribution in [0.2, 0.25) is 0 Å². The van der Waals surface area contributed by atoms with Crippen LogP contribution in [-0.4, -0.2) is 21.6 Å². The maximum Gasteiger partial charge on any atom is 0.0949 e. The molecule has 0 saturated heterocycles. The van der Waals surface area contributed by atoms with Crippen molar-refractivity contribution in [2.45, 2.75) is 77.4 Å². The normalized spacial score (nSPS) is 37.1. The van der Waals surface area contributed by atoms with E-state index in [2.05, 4.69) is 41.8 Å². The first-order valence-corrected chi connectivity index (χ1v) is 8.29. The summed E-state index contributed by atoms with van der Waals surface area (Å²) in [6.45, 7) is 7.27. The van der Waals surface area contributed by atoms with Gasteiger partial charge in [0.25, 0.3) is 0 Å². The van der Waals surface area contributed by atoms with Crippen molar-refractivity contribution in [1.82, 2.24) is 14.9 Å². The molecule has 1 aromatic heterocycles. The highest BCUT2D eigenvalue weighted by Crippen LogP contribution is 2.40. The highest BCUT2D eigenvalue weighted by atomic mass is 15.1. The fraction of sp³-hybridized carbons (Fsp3) is 0.824. The smallest absolute Gasteiger partial charge is 0.0949 e.